The Morgan fingerprint density at radius 3 is 2.57 bits per heavy atom. The number of benzene rings is 1. The summed E-state index contributed by atoms with van der Waals surface area (Å²) in [5, 5.41) is 0. The first-order chi connectivity index (χ1) is 14.3. The second-order valence-corrected chi connectivity index (χ2v) is 10.3. The average molecular weight is 439 g/mol. The molecule has 0 radical (unpaired) electrons. The topological polar surface area (TPSA) is 84.9 Å². The molecule has 1 N–H and O–H groups in total. The van der Waals surface area contributed by atoms with Gasteiger partial charge in [0.1, 0.15) is 5.75 Å². The molecule has 0 aromatic heterocycles. The second kappa shape index (κ2) is 10.1. The maximum atomic E-state index is 12.1. The molecule has 0 unspecified atom stereocenters. The molecule has 2 atom stereocenters. The molecule has 1 aromatic carbocycles. The van der Waals surface area contributed by atoms with E-state index in [0.717, 1.165) is 44.1 Å². The van der Waals surface area contributed by atoms with E-state index in [2.05, 4.69) is 16.9 Å². The van der Waals surface area contributed by atoms with Crippen molar-refractivity contribution in [3.63, 3.8) is 0 Å². The summed E-state index contributed by atoms with van der Waals surface area (Å²) in [6.45, 7) is 2.55. The molecule has 7 nitrogen and oxygen atoms in total. The minimum absolute atomic E-state index is 0.0367. The van der Waals surface area contributed by atoms with Crippen molar-refractivity contribution >= 4 is 15.9 Å². The first-order valence-corrected chi connectivity index (χ1v) is 12.7. The fourth-order valence-electron chi connectivity index (χ4n) is 4.76. The van der Waals surface area contributed by atoms with Gasteiger partial charge in [0.25, 0.3) is 0 Å². The highest BCUT2D eigenvalue weighted by molar-refractivity contribution is 7.88. The van der Waals surface area contributed by atoms with Crippen LogP contribution in [0.25, 0.3) is 0 Å². The van der Waals surface area contributed by atoms with Crippen molar-refractivity contribution < 1.29 is 22.7 Å². The maximum Gasteiger partial charge on any atom is 0.219 e. The van der Waals surface area contributed by atoms with Gasteiger partial charge in [0.15, 0.2) is 0 Å². The Morgan fingerprint density at radius 1 is 1.20 bits per heavy atom. The summed E-state index contributed by atoms with van der Waals surface area (Å²) in [5.41, 5.74) is 1.31. The summed E-state index contributed by atoms with van der Waals surface area (Å²) in [6, 6.07) is 7.70. The molecule has 1 aliphatic carbocycles. The van der Waals surface area contributed by atoms with Crippen LogP contribution in [0.3, 0.4) is 0 Å². The number of amides is 1. The van der Waals surface area contributed by atoms with Gasteiger partial charge < -0.3 is 14.4 Å². The fourth-order valence-corrected chi connectivity index (χ4v) is 5.58. The largest absolute Gasteiger partial charge is 0.497 e. The van der Waals surface area contributed by atoms with E-state index < -0.39 is 10.0 Å². The van der Waals surface area contributed by atoms with Gasteiger partial charge in [-0.1, -0.05) is 12.1 Å². The van der Waals surface area contributed by atoms with E-state index >= 15 is 0 Å². The molecule has 1 heterocycles. The van der Waals surface area contributed by atoms with E-state index in [9.17, 15) is 13.2 Å². The molecular formula is C22H34N2O5S. The lowest BCUT2D eigenvalue weighted by Crippen LogP contribution is -2.58. The van der Waals surface area contributed by atoms with Crippen molar-refractivity contribution in [3.8, 4) is 5.75 Å². The molecule has 0 spiro atoms. The summed E-state index contributed by atoms with van der Waals surface area (Å²) in [7, 11) is -1.66. The van der Waals surface area contributed by atoms with Gasteiger partial charge in [-0.05, 0) is 62.1 Å². The normalized spacial score (nSPS) is 27.6. The fraction of sp³-hybridized carbons (Fsp3) is 0.682. The zero-order chi connectivity index (χ0) is 21.7. The predicted molar refractivity (Wildman–Crippen MR) is 116 cm³/mol. The molecule has 0 bridgehead atoms. The molecule has 1 saturated heterocycles. The third kappa shape index (κ3) is 6.18. The van der Waals surface area contributed by atoms with Gasteiger partial charge in [0.2, 0.25) is 15.9 Å². The van der Waals surface area contributed by atoms with Gasteiger partial charge in [-0.3, -0.25) is 4.79 Å². The van der Waals surface area contributed by atoms with Crippen LogP contribution in [0.2, 0.25) is 0 Å². The van der Waals surface area contributed by atoms with E-state index in [4.69, 9.17) is 9.47 Å². The van der Waals surface area contributed by atoms with Crippen LogP contribution in [0.15, 0.2) is 24.3 Å². The van der Waals surface area contributed by atoms with E-state index in [1.165, 1.54) is 12.5 Å². The number of ether oxygens (including phenoxy) is 2. The van der Waals surface area contributed by atoms with Crippen LogP contribution >= 0.6 is 0 Å². The average Bonchev–Trinajstić information content (AvgIpc) is 2.72. The molecule has 168 valence electrons. The molecular weight excluding hydrogens is 404 g/mol. The van der Waals surface area contributed by atoms with Crippen molar-refractivity contribution in [1.29, 1.82) is 0 Å². The Hall–Kier alpha value is -1.64. The van der Waals surface area contributed by atoms with Crippen molar-refractivity contribution in [2.24, 2.45) is 0 Å². The van der Waals surface area contributed by atoms with Crippen LogP contribution in [0.4, 0.5) is 0 Å². The van der Waals surface area contributed by atoms with Crippen molar-refractivity contribution in [1.82, 2.24) is 9.62 Å². The lowest BCUT2D eigenvalue weighted by Gasteiger charge is -2.41. The van der Waals surface area contributed by atoms with Crippen LogP contribution in [0.5, 0.6) is 5.75 Å². The van der Waals surface area contributed by atoms with Crippen LogP contribution in [-0.2, 0) is 19.6 Å². The standard InChI is InChI=1S/C22H34N2O5S/c1-16(25)24-13-5-8-21(23-30(3,26)27)22(24)15-29-19-11-9-17(10-12-19)18-6-4-7-20(14-18)28-2/h4,6-7,14,17,19,21-23H,5,8-13,15H2,1-3H3/t17-,19+,21-,22-/m0/s1. The molecule has 8 heteroatoms. The van der Waals surface area contributed by atoms with Crippen molar-refractivity contribution in [3.05, 3.63) is 29.8 Å². The number of rotatable bonds is 7. The number of piperidine rings is 1. The monoisotopic (exact) mass is 438 g/mol. The quantitative estimate of drug-likeness (QED) is 0.707. The third-order valence-corrected chi connectivity index (χ3v) is 7.02. The number of nitrogens with zero attached hydrogens (tertiary/aromatic N) is 1. The van der Waals surface area contributed by atoms with Crippen LogP contribution in [0, 0.1) is 0 Å². The first kappa shape index (κ1) is 23.0. The molecule has 30 heavy (non-hydrogen) atoms. The minimum atomic E-state index is -3.35. The number of hydrogen-bond acceptors (Lipinski definition) is 5. The molecule has 1 saturated carbocycles. The Bertz CT molecular complexity index is 821. The zero-order valence-corrected chi connectivity index (χ0v) is 19.0. The highest BCUT2D eigenvalue weighted by Crippen LogP contribution is 2.35. The predicted octanol–water partition coefficient (Wildman–Crippen LogP) is 2.67. The van der Waals surface area contributed by atoms with Gasteiger partial charge in [-0.25, -0.2) is 13.1 Å². The molecule has 1 aromatic rings. The number of methoxy groups -OCH3 is 1. The number of carbonyl (C=O) groups excluding carboxylic acids is 1. The van der Waals surface area contributed by atoms with Gasteiger partial charge in [0, 0.05) is 19.5 Å². The van der Waals surface area contributed by atoms with Crippen LogP contribution in [-0.4, -0.2) is 63.9 Å². The summed E-state index contributed by atoms with van der Waals surface area (Å²) >= 11 is 0. The number of carbonyl (C=O) groups is 1. The smallest absolute Gasteiger partial charge is 0.219 e. The lowest BCUT2D eigenvalue weighted by molar-refractivity contribution is -0.136. The second-order valence-electron chi connectivity index (χ2n) is 8.50. The van der Waals surface area contributed by atoms with E-state index in [-0.39, 0.29) is 24.1 Å². The Labute approximate surface area is 180 Å². The molecule has 2 fully saturated rings. The van der Waals surface area contributed by atoms with E-state index in [1.54, 1.807) is 12.0 Å². The summed E-state index contributed by atoms with van der Waals surface area (Å²) in [6.07, 6.45) is 6.81. The number of nitrogens with one attached hydrogen (secondary N) is 1. The number of hydrogen-bond donors (Lipinski definition) is 1. The van der Waals surface area contributed by atoms with E-state index in [1.807, 2.05) is 12.1 Å². The van der Waals surface area contributed by atoms with Gasteiger partial charge >= 0.3 is 0 Å². The molecule has 1 aliphatic heterocycles. The van der Waals surface area contributed by atoms with Crippen LogP contribution < -0.4 is 9.46 Å². The Balaban J connectivity index is 1.57. The first-order valence-electron chi connectivity index (χ1n) is 10.8. The summed E-state index contributed by atoms with van der Waals surface area (Å²) in [5.74, 6) is 1.35. The summed E-state index contributed by atoms with van der Waals surface area (Å²) < 4.78 is 37.8. The zero-order valence-electron chi connectivity index (χ0n) is 18.2. The Kier molecular flexibility index (Phi) is 7.76. The van der Waals surface area contributed by atoms with Gasteiger partial charge in [-0.15, -0.1) is 0 Å². The van der Waals surface area contributed by atoms with Crippen LogP contribution in [0.1, 0.15) is 56.9 Å². The Morgan fingerprint density at radius 2 is 1.93 bits per heavy atom. The summed E-state index contributed by atoms with van der Waals surface area (Å²) in [4.78, 5) is 13.9. The van der Waals surface area contributed by atoms with Gasteiger partial charge in [0.05, 0.1) is 32.1 Å². The van der Waals surface area contributed by atoms with E-state index in [0.29, 0.717) is 25.5 Å². The maximum absolute atomic E-state index is 12.1. The SMILES string of the molecule is COc1cccc([C@H]2CC[C@@H](OC[C@H]3[C@@H](NS(C)(=O)=O)CCCN3C(C)=O)CC2)c1. The molecule has 2 aliphatic rings. The van der Waals surface area contributed by atoms with Crippen molar-refractivity contribution in [2.75, 3.05) is 26.5 Å². The van der Waals surface area contributed by atoms with Crippen molar-refractivity contribution in [2.45, 2.75) is 69.6 Å². The van der Waals surface area contributed by atoms with Gasteiger partial charge in [-0.2, -0.15) is 0 Å². The number of likely N-dealkylation sites (tertiary alicyclic amines) is 1. The number of sulfonamides is 1. The minimum Gasteiger partial charge on any atom is -0.497 e. The highest BCUT2D eigenvalue weighted by Gasteiger charge is 2.35. The lowest BCUT2D eigenvalue weighted by atomic mass is 9.82. The molecule has 1 amide bonds. The highest BCUT2D eigenvalue weighted by atomic mass is 32.2. The third-order valence-electron chi connectivity index (χ3n) is 6.29. The molecule has 3 rings (SSSR count).